The molecule has 1 saturated heterocycles. The molecule has 3 heteroatoms. The van der Waals surface area contributed by atoms with Crippen LogP contribution in [-0.2, 0) is 11.3 Å². The number of benzene rings is 1. The molecule has 2 rings (SSSR count). The number of para-hydroxylation sites is 1. The Morgan fingerprint density at radius 1 is 1.42 bits per heavy atom. The molecule has 1 heterocycles. The Morgan fingerprint density at radius 3 is 3.05 bits per heavy atom. The first-order valence-electron chi connectivity index (χ1n) is 7.32. The van der Waals surface area contributed by atoms with E-state index in [0.29, 0.717) is 11.9 Å². The van der Waals surface area contributed by atoms with Crippen LogP contribution in [0.25, 0.3) is 0 Å². The number of phenols is 1. The smallest absolute Gasteiger partial charge is 0.122 e. The van der Waals surface area contributed by atoms with E-state index in [1.165, 1.54) is 6.42 Å². The van der Waals surface area contributed by atoms with Crippen LogP contribution in [0.15, 0.2) is 18.2 Å². The van der Waals surface area contributed by atoms with E-state index in [-0.39, 0.29) is 0 Å². The summed E-state index contributed by atoms with van der Waals surface area (Å²) in [6.07, 6.45) is 3.78. The molecule has 1 atom stereocenters. The van der Waals surface area contributed by atoms with Crippen LogP contribution >= 0.6 is 0 Å². The number of hydrogen-bond acceptors (Lipinski definition) is 3. The number of aryl methyl sites for hydroxylation is 1. The molecule has 0 radical (unpaired) electrons. The molecule has 0 bridgehead atoms. The van der Waals surface area contributed by atoms with Crippen LogP contribution < -0.4 is 0 Å². The quantitative estimate of drug-likeness (QED) is 0.886. The Morgan fingerprint density at radius 2 is 2.26 bits per heavy atom. The first-order chi connectivity index (χ1) is 9.20. The van der Waals surface area contributed by atoms with E-state index in [2.05, 4.69) is 11.8 Å². The van der Waals surface area contributed by atoms with Crippen molar-refractivity contribution >= 4 is 0 Å². The SMILES string of the molecule is CCCOC1CCCN(Cc2cccc(C)c2O)C1. The molecule has 1 fully saturated rings. The van der Waals surface area contributed by atoms with Gasteiger partial charge in [-0.3, -0.25) is 4.90 Å². The molecule has 1 aliphatic heterocycles. The first kappa shape index (κ1) is 14.4. The number of likely N-dealkylation sites (tertiary alicyclic amines) is 1. The third-order valence-corrected chi connectivity index (χ3v) is 3.74. The molecule has 0 saturated carbocycles. The van der Waals surface area contributed by atoms with Crippen LogP contribution in [-0.4, -0.2) is 35.8 Å². The molecular formula is C16H25NO2. The van der Waals surface area contributed by atoms with E-state index in [9.17, 15) is 5.11 Å². The van der Waals surface area contributed by atoms with Crippen molar-refractivity contribution in [2.24, 2.45) is 0 Å². The van der Waals surface area contributed by atoms with E-state index in [1.807, 2.05) is 25.1 Å². The third kappa shape index (κ3) is 3.95. The van der Waals surface area contributed by atoms with Gasteiger partial charge in [-0.15, -0.1) is 0 Å². The average molecular weight is 263 g/mol. The fourth-order valence-corrected chi connectivity index (χ4v) is 2.67. The van der Waals surface area contributed by atoms with Gasteiger partial charge in [0.1, 0.15) is 5.75 Å². The van der Waals surface area contributed by atoms with Gasteiger partial charge < -0.3 is 9.84 Å². The molecule has 1 unspecified atom stereocenters. The van der Waals surface area contributed by atoms with Crippen LogP contribution in [0.4, 0.5) is 0 Å². The standard InChI is InChI=1S/C16H25NO2/c1-3-10-19-15-8-5-9-17(12-15)11-14-7-4-6-13(2)16(14)18/h4,6-7,15,18H,3,5,8-12H2,1-2H3. The van der Waals surface area contributed by atoms with Gasteiger partial charge in [0.05, 0.1) is 6.10 Å². The maximum Gasteiger partial charge on any atom is 0.122 e. The normalized spacial score (nSPS) is 20.6. The largest absolute Gasteiger partial charge is 0.507 e. The summed E-state index contributed by atoms with van der Waals surface area (Å²) in [4.78, 5) is 2.39. The number of phenolic OH excluding ortho intramolecular Hbond substituents is 1. The van der Waals surface area contributed by atoms with Crippen molar-refractivity contribution in [3.8, 4) is 5.75 Å². The summed E-state index contributed by atoms with van der Waals surface area (Å²) >= 11 is 0. The van der Waals surface area contributed by atoms with Gasteiger partial charge in [-0.25, -0.2) is 0 Å². The summed E-state index contributed by atoms with van der Waals surface area (Å²) in [5.41, 5.74) is 1.98. The molecule has 106 valence electrons. The van der Waals surface area contributed by atoms with Crippen molar-refractivity contribution < 1.29 is 9.84 Å². The number of rotatable bonds is 5. The van der Waals surface area contributed by atoms with E-state index in [0.717, 1.165) is 50.2 Å². The van der Waals surface area contributed by atoms with Crippen LogP contribution in [0, 0.1) is 6.92 Å². The monoisotopic (exact) mass is 263 g/mol. The molecule has 0 amide bonds. The van der Waals surface area contributed by atoms with Crippen LogP contribution in [0.3, 0.4) is 0 Å². The molecule has 19 heavy (non-hydrogen) atoms. The van der Waals surface area contributed by atoms with Crippen molar-refractivity contribution in [1.82, 2.24) is 4.90 Å². The van der Waals surface area contributed by atoms with Crippen LogP contribution in [0.1, 0.15) is 37.3 Å². The lowest BCUT2D eigenvalue weighted by molar-refractivity contribution is -0.00239. The minimum absolute atomic E-state index is 0.362. The minimum Gasteiger partial charge on any atom is -0.507 e. The predicted molar refractivity (Wildman–Crippen MR) is 77.4 cm³/mol. The van der Waals surface area contributed by atoms with Crippen LogP contribution in [0.2, 0.25) is 0 Å². The summed E-state index contributed by atoms with van der Waals surface area (Å²) in [5.74, 6) is 0.444. The summed E-state index contributed by atoms with van der Waals surface area (Å²) in [6, 6.07) is 5.97. The highest BCUT2D eigenvalue weighted by atomic mass is 16.5. The summed E-state index contributed by atoms with van der Waals surface area (Å²) in [7, 11) is 0. The lowest BCUT2D eigenvalue weighted by Gasteiger charge is -2.32. The van der Waals surface area contributed by atoms with Gasteiger partial charge in [0.15, 0.2) is 0 Å². The molecule has 1 aliphatic rings. The van der Waals surface area contributed by atoms with Crippen molar-refractivity contribution in [3.05, 3.63) is 29.3 Å². The predicted octanol–water partition coefficient (Wildman–Crippen LogP) is 3.09. The molecule has 0 aliphatic carbocycles. The third-order valence-electron chi connectivity index (χ3n) is 3.74. The number of aromatic hydroxyl groups is 1. The van der Waals surface area contributed by atoms with Crippen molar-refractivity contribution in [1.29, 1.82) is 0 Å². The fourth-order valence-electron chi connectivity index (χ4n) is 2.67. The first-order valence-corrected chi connectivity index (χ1v) is 7.32. The van der Waals surface area contributed by atoms with Gasteiger partial charge in [0, 0.05) is 25.3 Å². The molecule has 1 aromatic rings. The zero-order valence-corrected chi connectivity index (χ0v) is 12.1. The molecule has 0 aromatic heterocycles. The van der Waals surface area contributed by atoms with E-state index in [1.54, 1.807) is 0 Å². The van der Waals surface area contributed by atoms with Crippen molar-refractivity contribution in [2.45, 2.75) is 45.8 Å². The lowest BCUT2D eigenvalue weighted by atomic mass is 10.1. The van der Waals surface area contributed by atoms with Crippen molar-refractivity contribution in [3.63, 3.8) is 0 Å². The van der Waals surface area contributed by atoms with Gasteiger partial charge in [0.25, 0.3) is 0 Å². The number of hydrogen-bond donors (Lipinski definition) is 1. The minimum atomic E-state index is 0.362. The highest BCUT2D eigenvalue weighted by molar-refractivity contribution is 5.39. The Hall–Kier alpha value is -1.06. The number of nitrogens with zero attached hydrogens (tertiary/aromatic N) is 1. The summed E-state index contributed by atoms with van der Waals surface area (Å²) < 4.78 is 5.85. The second-order valence-corrected chi connectivity index (χ2v) is 5.45. The van der Waals surface area contributed by atoms with Gasteiger partial charge >= 0.3 is 0 Å². The van der Waals surface area contributed by atoms with Gasteiger partial charge in [-0.05, 0) is 38.3 Å². The van der Waals surface area contributed by atoms with Gasteiger partial charge in [-0.1, -0.05) is 25.1 Å². The number of piperidine rings is 1. The van der Waals surface area contributed by atoms with Crippen molar-refractivity contribution in [2.75, 3.05) is 19.7 Å². The lowest BCUT2D eigenvalue weighted by Crippen LogP contribution is -2.39. The van der Waals surface area contributed by atoms with E-state index < -0.39 is 0 Å². The Balaban J connectivity index is 1.93. The molecule has 3 nitrogen and oxygen atoms in total. The molecular weight excluding hydrogens is 238 g/mol. The van der Waals surface area contributed by atoms with E-state index >= 15 is 0 Å². The van der Waals surface area contributed by atoms with Gasteiger partial charge in [-0.2, -0.15) is 0 Å². The molecule has 1 N–H and O–H groups in total. The average Bonchev–Trinajstić information content (AvgIpc) is 2.42. The topological polar surface area (TPSA) is 32.7 Å². The number of ether oxygens (including phenoxy) is 1. The Kier molecular flexibility index (Phi) is 5.23. The van der Waals surface area contributed by atoms with Gasteiger partial charge in [0.2, 0.25) is 0 Å². The highest BCUT2D eigenvalue weighted by Gasteiger charge is 2.21. The Bertz CT molecular complexity index is 406. The molecule has 1 aromatic carbocycles. The highest BCUT2D eigenvalue weighted by Crippen LogP contribution is 2.24. The van der Waals surface area contributed by atoms with Crippen LogP contribution in [0.5, 0.6) is 5.75 Å². The zero-order chi connectivity index (χ0) is 13.7. The maximum absolute atomic E-state index is 10.1. The second-order valence-electron chi connectivity index (χ2n) is 5.45. The second kappa shape index (κ2) is 6.92. The summed E-state index contributed by atoms with van der Waals surface area (Å²) in [5, 5.41) is 10.1. The summed E-state index contributed by atoms with van der Waals surface area (Å²) in [6.45, 7) is 7.84. The zero-order valence-electron chi connectivity index (χ0n) is 12.1. The maximum atomic E-state index is 10.1. The Labute approximate surface area is 116 Å². The molecule has 0 spiro atoms. The van der Waals surface area contributed by atoms with E-state index in [4.69, 9.17) is 4.74 Å². The fraction of sp³-hybridized carbons (Fsp3) is 0.625.